The lowest BCUT2D eigenvalue weighted by Gasteiger charge is -2.25. The van der Waals surface area contributed by atoms with E-state index in [1.54, 1.807) is 48.5 Å². The molecule has 1 aliphatic carbocycles. The van der Waals surface area contributed by atoms with Crippen molar-refractivity contribution in [2.24, 2.45) is 0 Å². The first-order valence-electron chi connectivity index (χ1n) is 8.68. The van der Waals surface area contributed by atoms with Gasteiger partial charge < -0.3 is 20.5 Å². The number of carboxylic acid groups (broad SMARTS) is 1. The van der Waals surface area contributed by atoms with Crippen LogP contribution in [0.2, 0.25) is 10.0 Å². The normalized spacial score (nSPS) is 13.9. The Morgan fingerprint density at radius 2 is 1.24 bits per heavy atom. The quantitative estimate of drug-likeness (QED) is 0.551. The summed E-state index contributed by atoms with van der Waals surface area (Å²) in [5.41, 5.74) is 2.75. The van der Waals surface area contributed by atoms with Crippen molar-refractivity contribution in [2.75, 3.05) is 17.7 Å². The van der Waals surface area contributed by atoms with Gasteiger partial charge in [0, 0.05) is 45.7 Å². The Morgan fingerprint density at radius 1 is 0.828 bits per heavy atom. The van der Waals surface area contributed by atoms with E-state index in [0.29, 0.717) is 38.4 Å². The smallest absolute Gasteiger partial charge is 0.335 e. The van der Waals surface area contributed by atoms with Crippen molar-refractivity contribution in [3.05, 3.63) is 81.1 Å². The fraction of sp³-hybridized carbons (Fsp3) is 0.143. The molecule has 29 heavy (non-hydrogen) atoms. The molecule has 6 nitrogen and oxygen atoms in total. The number of allylic oxidation sites excluding steroid dienone is 2. The third kappa shape index (κ3) is 5.10. The van der Waals surface area contributed by atoms with Crippen molar-refractivity contribution in [3.63, 3.8) is 0 Å². The lowest BCUT2D eigenvalue weighted by molar-refractivity contribution is -0.136. The van der Waals surface area contributed by atoms with Gasteiger partial charge in [-0.05, 0) is 48.5 Å². The summed E-state index contributed by atoms with van der Waals surface area (Å²) in [5.74, 6) is -1.60. The molecule has 0 bridgehead atoms. The molecule has 0 amide bonds. The van der Waals surface area contributed by atoms with E-state index < -0.39 is 11.9 Å². The van der Waals surface area contributed by atoms with Crippen LogP contribution in [-0.2, 0) is 14.3 Å². The first-order valence-corrected chi connectivity index (χ1v) is 9.44. The van der Waals surface area contributed by atoms with Gasteiger partial charge in [-0.25, -0.2) is 9.59 Å². The van der Waals surface area contributed by atoms with Crippen LogP contribution in [0.5, 0.6) is 0 Å². The zero-order chi connectivity index (χ0) is 21.0. The van der Waals surface area contributed by atoms with Crippen LogP contribution in [0.1, 0.15) is 12.8 Å². The van der Waals surface area contributed by atoms with Gasteiger partial charge in [-0.3, -0.25) is 0 Å². The fourth-order valence-electron chi connectivity index (χ4n) is 2.96. The molecular formula is C21H18Cl2N2O4. The minimum atomic E-state index is -1.07. The van der Waals surface area contributed by atoms with Crippen molar-refractivity contribution >= 4 is 46.5 Å². The number of carbonyl (C=O) groups excluding carboxylic acids is 1. The lowest BCUT2D eigenvalue weighted by Crippen LogP contribution is -2.23. The van der Waals surface area contributed by atoms with Gasteiger partial charge in [-0.15, -0.1) is 0 Å². The highest BCUT2D eigenvalue weighted by Crippen LogP contribution is 2.33. The van der Waals surface area contributed by atoms with Gasteiger partial charge in [0.15, 0.2) is 0 Å². The van der Waals surface area contributed by atoms with Crippen LogP contribution in [0.25, 0.3) is 0 Å². The summed E-state index contributed by atoms with van der Waals surface area (Å²) < 4.78 is 4.91. The number of methoxy groups -OCH3 is 1. The minimum Gasteiger partial charge on any atom is -0.478 e. The molecule has 0 unspecified atom stereocenters. The third-order valence-electron chi connectivity index (χ3n) is 4.40. The second-order valence-electron chi connectivity index (χ2n) is 6.33. The van der Waals surface area contributed by atoms with Crippen LogP contribution in [0, 0.1) is 0 Å². The topological polar surface area (TPSA) is 87.7 Å². The van der Waals surface area contributed by atoms with Crippen molar-refractivity contribution in [2.45, 2.75) is 12.8 Å². The first kappa shape index (κ1) is 20.8. The average molecular weight is 433 g/mol. The second kappa shape index (κ2) is 9.03. The number of benzene rings is 2. The molecule has 0 saturated heterocycles. The Bertz CT molecular complexity index is 996. The van der Waals surface area contributed by atoms with Crippen LogP contribution >= 0.6 is 23.2 Å². The maximum absolute atomic E-state index is 12.4. The Balaban J connectivity index is 1.94. The minimum absolute atomic E-state index is 0.0261. The van der Waals surface area contributed by atoms with Gasteiger partial charge in [0.2, 0.25) is 0 Å². The summed E-state index contributed by atoms with van der Waals surface area (Å²) in [4.78, 5) is 24.3. The Labute approximate surface area is 177 Å². The van der Waals surface area contributed by atoms with Crippen molar-refractivity contribution in [1.82, 2.24) is 0 Å². The Morgan fingerprint density at radius 3 is 1.66 bits per heavy atom. The van der Waals surface area contributed by atoms with E-state index in [1.807, 2.05) is 0 Å². The number of carboxylic acids is 1. The maximum Gasteiger partial charge on any atom is 0.335 e. The number of nitrogens with one attached hydrogen (secondary N) is 2. The summed E-state index contributed by atoms with van der Waals surface area (Å²) in [6.07, 6.45) is 0.102. The van der Waals surface area contributed by atoms with E-state index in [4.69, 9.17) is 27.9 Å². The van der Waals surface area contributed by atoms with Gasteiger partial charge in [-0.2, -0.15) is 0 Å². The van der Waals surface area contributed by atoms with E-state index in [1.165, 1.54) is 7.11 Å². The predicted molar refractivity (Wildman–Crippen MR) is 113 cm³/mol. The summed E-state index contributed by atoms with van der Waals surface area (Å²) in [6, 6.07) is 13.7. The van der Waals surface area contributed by atoms with E-state index in [2.05, 4.69) is 10.6 Å². The number of carbonyl (C=O) groups is 2. The number of aliphatic carboxylic acids is 1. The first-order chi connectivity index (χ1) is 13.9. The second-order valence-corrected chi connectivity index (χ2v) is 7.20. The van der Waals surface area contributed by atoms with Crippen LogP contribution in [0.4, 0.5) is 11.4 Å². The fourth-order valence-corrected chi connectivity index (χ4v) is 3.21. The molecule has 2 aromatic carbocycles. The van der Waals surface area contributed by atoms with Gasteiger partial charge in [0.25, 0.3) is 0 Å². The maximum atomic E-state index is 12.4. The lowest BCUT2D eigenvalue weighted by atomic mass is 9.92. The summed E-state index contributed by atoms with van der Waals surface area (Å²) in [7, 11) is 1.29. The Hall–Kier alpha value is -2.96. The summed E-state index contributed by atoms with van der Waals surface area (Å²) >= 11 is 11.8. The molecule has 0 saturated carbocycles. The largest absolute Gasteiger partial charge is 0.478 e. The van der Waals surface area contributed by atoms with E-state index >= 15 is 0 Å². The van der Waals surface area contributed by atoms with Gasteiger partial charge in [0.1, 0.15) is 0 Å². The van der Waals surface area contributed by atoms with Gasteiger partial charge >= 0.3 is 11.9 Å². The molecular weight excluding hydrogens is 415 g/mol. The number of anilines is 2. The van der Waals surface area contributed by atoms with Crippen LogP contribution < -0.4 is 10.6 Å². The van der Waals surface area contributed by atoms with Crippen LogP contribution in [-0.4, -0.2) is 24.2 Å². The molecule has 3 N–H and O–H groups in total. The summed E-state index contributed by atoms with van der Waals surface area (Å²) in [6.45, 7) is 0. The number of halogens is 2. The number of hydrogen-bond donors (Lipinski definition) is 3. The Kier molecular flexibility index (Phi) is 6.46. The molecule has 0 atom stereocenters. The van der Waals surface area contributed by atoms with Crippen LogP contribution in [0.3, 0.4) is 0 Å². The standard InChI is InChI=1S/C21H18Cl2N2O4/c1-29-21(28)17-11-18(24-14-6-2-12(22)3-7-14)16(20(26)27)10-19(17)25-15-8-4-13(23)5-9-15/h2-9,24-25H,10-11H2,1H3,(H,26,27). The average Bonchev–Trinajstić information content (AvgIpc) is 2.71. The van der Waals surface area contributed by atoms with Gasteiger partial charge in [-0.1, -0.05) is 23.2 Å². The van der Waals surface area contributed by atoms with Crippen molar-refractivity contribution in [3.8, 4) is 0 Å². The molecule has 0 spiro atoms. The monoisotopic (exact) mass is 432 g/mol. The highest BCUT2D eigenvalue weighted by molar-refractivity contribution is 6.30. The van der Waals surface area contributed by atoms with Crippen molar-refractivity contribution < 1.29 is 19.4 Å². The molecule has 0 fully saturated rings. The molecule has 3 rings (SSSR count). The zero-order valence-corrected chi connectivity index (χ0v) is 17.0. The molecule has 0 heterocycles. The van der Waals surface area contributed by atoms with Gasteiger partial charge in [0.05, 0.1) is 18.3 Å². The molecule has 0 aliphatic heterocycles. The number of esters is 1. The molecule has 2 aromatic rings. The number of hydrogen-bond acceptors (Lipinski definition) is 5. The predicted octanol–water partition coefficient (Wildman–Crippen LogP) is 5.08. The molecule has 8 heteroatoms. The summed E-state index contributed by atoms with van der Waals surface area (Å²) in [5, 5.41) is 17.1. The number of rotatable bonds is 6. The number of ether oxygens (including phenoxy) is 1. The molecule has 1 aliphatic rings. The zero-order valence-electron chi connectivity index (χ0n) is 15.5. The molecule has 150 valence electrons. The van der Waals surface area contributed by atoms with E-state index in [9.17, 15) is 14.7 Å². The molecule has 0 aromatic heterocycles. The highest BCUT2D eigenvalue weighted by atomic mass is 35.5. The molecule has 0 radical (unpaired) electrons. The highest BCUT2D eigenvalue weighted by Gasteiger charge is 2.29. The van der Waals surface area contributed by atoms with E-state index in [0.717, 1.165) is 0 Å². The third-order valence-corrected chi connectivity index (χ3v) is 4.91. The van der Waals surface area contributed by atoms with Crippen molar-refractivity contribution in [1.29, 1.82) is 0 Å². The van der Waals surface area contributed by atoms with Crippen LogP contribution in [0.15, 0.2) is 71.1 Å². The van der Waals surface area contributed by atoms with E-state index in [-0.39, 0.29) is 18.4 Å². The SMILES string of the molecule is COC(=O)C1=C(Nc2ccc(Cl)cc2)CC(C(=O)O)=C(Nc2ccc(Cl)cc2)C1.